The molecule has 0 spiro atoms. The number of amides is 1. The molecule has 1 amide bonds. The third kappa shape index (κ3) is 6.84. The van der Waals surface area contributed by atoms with E-state index in [1.54, 1.807) is 37.3 Å². The van der Waals surface area contributed by atoms with Crippen molar-refractivity contribution in [3.63, 3.8) is 0 Å². The third-order valence-corrected chi connectivity index (χ3v) is 4.06. The number of benzene rings is 2. The van der Waals surface area contributed by atoms with E-state index in [9.17, 15) is 9.59 Å². The highest BCUT2D eigenvalue weighted by atomic mass is 35.5. The van der Waals surface area contributed by atoms with Gasteiger partial charge in [0.2, 0.25) is 0 Å². The fourth-order valence-electron chi connectivity index (χ4n) is 2.22. The van der Waals surface area contributed by atoms with Gasteiger partial charge in [0.15, 0.2) is 11.7 Å². The summed E-state index contributed by atoms with van der Waals surface area (Å²) in [5, 5.41) is 14.9. The Balaban J connectivity index is 1.90. The molecule has 2 aromatic carbocycles. The first-order valence-electron chi connectivity index (χ1n) is 7.95. The van der Waals surface area contributed by atoms with Crippen LogP contribution in [0, 0.1) is 6.92 Å². The molecule has 6 nitrogen and oxygen atoms in total. The lowest BCUT2D eigenvalue weighted by atomic mass is 10.2. The Morgan fingerprint density at radius 1 is 1.25 bits per heavy atom. The summed E-state index contributed by atoms with van der Waals surface area (Å²) in [6.07, 6.45) is 2.47. The average molecular weight is 439 g/mol. The Hall–Kier alpha value is -2.61. The van der Waals surface area contributed by atoms with Gasteiger partial charge in [-0.1, -0.05) is 35.3 Å². The van der Waals surface area contributed by atoms with E-state index in [1.165, 1.54) is 12.1 Å². The lowest BCUT2D eigenvalue weighted by molar-refractivity contribution is -0.131. The van der Waals surface area contributed by atoms with Gasteiger partial charge in [0.25, 0.3) is 5.91 Å². The molecular formula is C19H16Cl2N2O4S. The normalized spacial score (nSPS) is 10.5. The first kappa shape index (κ1) is 21.7. The average Bonchev–Trinajstić information content (AvgIpc) is 2.59. The van der Waals surface area contributed by atoms with Gasteiger partial charge in [-0.2, -0.15) is 0 Å². The van der Waals surface area contributed by atoms with Crippen molar-refractivity contribution in [1.29, 1.82) is 0 Å². The highest BCUT2D eigenvalue weighted by Gasteiger charge is 2.11. The molecule has 0 fully saturated rings. The number of nitrogens with one attached hydrogen (secondary N) is 2. The van der Waals surface area contributed by atoms with Crippen LogP contribution in [-0.2, 0) is 9.59 Å². The van der Waals surface area contributed by atoms with E-state index in [-0.39, 0.29) is 11.7 Å². The van der Waals surface area contributed by atoms with Crippen molar-refractivity contribution in [3.05, 3.63) is 63.6 Å². The van der Waals surface area contributed by atoms with E-state index >= 15 is 0 Å². The second-order valence-electron chi connectivity index (χ2n) is 5.62. The van der Waals surface area contributed by atoms with Crippen LogP contribution >= 0.6 is 35.4 Å². The molecule has 0 saturated carbocycles. The molecule has 0 aliphatic carbocycles. The van der Waals surface area contributed by atoms with Crippen LogP contribution in [-0.4, -0.2) is 28.7 Å². The van der Waals surface area contributed by atoms with Gasteiger partial charge in [0, 0.05) is 16.8 Å². The van der Waals surface area contributed by atoms with E-state index in [0.717, 1.165) is 6.08 Å². The highest BCUT2D eigenvalue weighted by Crippen LogP contribution is 2.31. The van der Waals surface area contributed by atoms with Crippen molar-refractivity contribution in [1.82, 2.24) is 5.32 Å². The first-order chi connectivity index (χ1) is 13.2. The number of carboxylic acid groups (broad SMARTS) is 1. The Morgan fingerprint density at radius 2 is 2.00 bits per heavy atom. The molecule has 28 heavy (non-hydrogen) atoms. The molecular weight excluding hydrogens is 423 g/mol. The number of aryl methyl sites for hydroxylation is 1. The number of carboxylic acids is 1. The van der Waals surface area contributed by atoms with Crippen molar-refractivity contribution in [3.8, 4) is 5.75 Å². The zero-order chi connectivity index (χ0) is 20.7. The minimum atomic E-state index is -1.04. The number of ether oxygens (including phenoxy) is 1. The van der Waals surface area contributed by atoms with Gasteiger partial charge < -0.3 is 15.2 Å². The number of carbonyl (C=O) groups excluding carboxylic acids is 1. The standard InChI is InChI=1S/C19H16Cl2N2O4S/c1-11-7-13(20)9-15(21)18(11)27-10-16(24)23-19(28)22-14-4-2-3-12(8-14)5-6-17(25)26/h2-9H,10H2,1H3,(H,25,26)(H2,22,23,24,28)/b6-5+. The molecule has 0 atom stereocenters. The number of anilines is 1. The molecule has 0 unspecified atom stereocenters. The van der Waals surface area contributed by atoms with Gasteiger partial charge in [0.1, 0.15) is 5.75 Å². The van der Waals surface area contributed by atoms with E-state index in [2.05, 4.69) is 10.6 Å². The van der Waals surface area contributed by atoms with E-state index in [4.69, 9.17) is 45.3 Å². The quantitative estimate of drug-likeness (QED) is 0.460. The maximum Gasteiger partial charge on any atom is 0.328 e. The zero-order valence-electron chi connectivity index (χ0n) is 14.7. The second-order valence-corrected chi connectivity index (χ2v) is 6.87. The summed E-state index contributed by atoms with van der Waals surface area (Å²) in [5.41, 5.74) is 1.96. The lowest BCUT2D eigenvalue weighted by Gasteiger charge is -2.13. The lowest BCUT2D eigenvalue weighted by Crippen LogP contribution is -2.37. The minimum Gasteiger partial charge on any atom is -0.482 e. The van der Waals surface area contributed by atoms with Crippen LogP contribution in [0.5, 0.6) is 5.75 Å². The largest absolute Gasteiger partial charge is 0.482 e. The van der Waals surface area contributed by atoms with Crippen LogP contribution in [0.3, 0.4) is 0 Å². The fourth-order valence-corrected chi connectivity index (χ4v) is 3.10. The summed E-state index contributed by atoms with van der Waals surface area (Å²) >= 11 is 17.1. The summed E-state index contributed by atoms with van der Waals surface area (Å²) in [5.74, 6) is -1.14. The number of rotatable bonds is 6. The van der Waals surface area contributed by atoms with Crippen molar-refractivity contribution in [2.75, 3.05) is 11.9 Å². The van der Waals surface area contributed by atoms with Crippen LogP contribution in [0.15, 0.2) is 42.5 Å². The summed E-state index contributed by atoms with van der Waals surface area (Å²) in [7, 11) is 0. The number of halogens is 2. The highest BCUT2D eigenvalue weighted by molar-refractivity contribution is 7.80. The van der Waals surface area contributed by atoms with Gasteiger partial charge in [-0.3, -0.25) is 10.1 Å². The molecule has 0 saturated heterocycles. The van der Waals surface area contributed by atoms with Gasteiger partial charge in [0.05, 0.1) is 5.02 Å². The van der Waals surface area contributed by atoms with Crippen LogP contribution in [0.25, 0.3) is 6.08 Å². The molecule has 0 bridgehead atoms. The molecule has 0 heterocycles. The predicted octanol–water partition coefficient (Wildman–Crippen LogP) is 4.29. The molecule has 0 aromatic heterocycles. The van der Waals surface area contributed by atoms with E-state index in [0.29, 0.717) is 32.6 Å². The molecule has 2 aromatic rings. The van der Waals surface area contributed by atoms with Gasteiger partial charge in [-0.25, -0.2) is 4.79 Å². The van der Waals surface area contributed by atoms with Crippen LogP contribution < -0.4 is 15.4 Å². The predicted molar refractivity (Wildman–Crippen MR) is 114 cm³/mol. The summed E-state index contributed by atoms with van der Waals surface area (Å²) in [6, 6.07) is 10.1. The summed E-state index contributed by atoms with van der Waals surface area (Å²) < 4.78 is 5.45. The van der Waals surface area contributed by atoms with Gasteiger partial charge in [-0.05, 0) is 60.6 Å². The summed E-state index contributed by atoms with van der Waals surface area (Å²) in [4.78, 5) is 22.6. The third-order valence-electron chi connectivity index (χ3n) is 3.36. The number of thiocarbonyl (C=S) groups is 1. The Bertz CT molecular complexity index is 924. The molecule has 0 aliphatic heterocycles. The van der Waals surface area contributed by atoms with Gasteiger partial charge >= 0.3 is 5.97 Å². The van der Waals surface area contributed by atoms with Crippen molar-refractivity contribution < 1.29 is 19.4 Å². The minimum absolute atomic E-state index is 0.0758. The van der Waals surface area contributed by atoms with Crippen LogP contribution in [0.2, 0.25) is 10.0 Å². The smallest absolute Gasteiger partial charge is 0.328 e. The Labute approximate surface area is 177 Å². The monoisotopic (exact) mass is 438 g/mol. The molecule has 0 radical (unpaired) electrons. The summed E-state index contributed by atoms with van der Waals surface area (Å²) in [6.45, 7) is 1.48. The van der Waals surface area contributed by atoms with Crippen LogP contribution in [0.1, 0.15) is 11.1 Å². The molecule has 0 aliphatic rings. The SMILES string of the molecule is Cc1cc(Cl)cc(Cl)c1OCC(=O)NC(=S)Nc1cccc(/C=C/C(=O)O)c1. The molecule has 2 rings (SSSR count). The van der Waals surface area contributed by atoms with Crippen molar-refractivity contribution in [2.45, 2.75) is 6.92 Å². The van der Waals surface area contributed by atoms with Crippen molar-refractivity contribution >= 4 is 64.2 Å². The van der Waals surface area contributed by atoms with E-state index in [1.807, 2.05) is 0 Å². The fraction of sp³-hybridized carbons (Fsp3) is 0.105. The van der Waals surface area contributed by atoms with Gasteiger partial charge in [-0.15, -0.1) is 0 Å². The second kappa shape index (κ2) is 10.1. The maximum absolute atomic E-state index is 12.0. The number of aliphatic carboxylic acids is 1. The maximum atomic E-state index is 12.0. The van der Waals surface area contributed by atoms with Crippen molar-refractivity contribution in [2.24, 2.45) is 0 Å². The van der Waals surface area contributed by atoms with E-state index < -0.39 is 11.9 Å². The number of hydrogen-bond donors (Lipinski definition) is 3. The molecule has 146 valence electrons. The number of carbonyl (C=O) groups is 2. The number of hydrogen-bond acceptors (Lipinski definition) is 4. The molecule has 3 N–H and O–H groups in total. The molecule has 9 heteroatoms. The zero-order valence-corrected chi connectivity index (χ0v) is 17.0. The Kier molecular flexibility index (Phi) is 7.80. The Morgan fingerprint density at radius 3 is 2.68 bits per heavy atom. The van der Waals surface area contributed by atoms with Crippen LogP contribution in [0.4, 0.5) is 5.69 Å². The topological polar surface area (TPSA) is 87.7 Å². The first-order valence-corrected chi connectivity index (χ1v) is 9.11.